The summed E-state index contributed by atoms with van der Waals surface area (Å²) in [7, 11) is 2.65. The number of rotatable bonds is 8. The van der Waals surface area contributed by atoms with E-state index in [1.807, 2.05) is 29.2 Å². The Morgan fingerprint density at radius 2 is 1.56 bits per heavy atom. The van der Waals surface area contributed by atoms with Crippen molar-refractivity contribution in [2.45, 2.75) is 38.9 Å². The van der Waals surface area contributed by atoms with E-state index in [4.69, 9.17) is 0 Å². The summed E-state index contributed by atoms with van der Waals surface area (Å²) in [6.07, 6.45) is -3.56. The zero-order chi connectivity index (χ0) is 31.5. The summed E-state index contributed by atoms with van der Waals surface area (Å²) >= 11 is 0. The van der Waals surface area contributed by atoms with Gasteiger partial charge in [-0.05, 0) is 35.2 Å². The smallest absolute Gasteiger partial charge is 0.336 e. The molecule has 230 valence electrons. The molecule has 1 aliphatic rings. The second kappa shape index (κ2) is 13.0. The van der Waals surface area contributed by atoms with Crippen LogP contribution in [0.4, 0.5) is 18.9 Å². The zero-order valence-corrected chi connectivity index (χ0v) is 24.7. The largest absolute Gasteiger partial charge is 0.416 e. The van der Waals surface area contributed by atoms with Crippen molar-refractivity contribution in [3.8, 4) is 0 Å². The molecule has 0 saturated carbocycles. The second-order valence-corrected chi connectivity index (χ2v) is 11.1. The first-order valence-electron chi connectivity index (χ1n) is 14.1. The third-order valence-corrected chi connectivity index (χ3v) is 7.80. The maximum Gasteiger partial charge on any atom is 0.416 e. The molecular formula is C31H36F3N5O4. The summed E-state index contributed by atoms with van der Waals surface area (Å²) in [6, 6.07) is 12.5. The van der Waals surface area contributed by atoms with Crippen molar-refractivity contribution in [2.75, 3.05) is 37.6 Å². The van der Waals surface area contributed by atoms with Crippen molar-refractivity contribution in [3.63, 3.8) is 0 Å². The van der Waals surface area contributed by atoms with Gasteiger partial charge in [0, 0.05) is 65.0 Å². The van der Waals surface area contributed by atoms with Gasteiger partial charge in [0.25, 0.3) is 11.5 Å². The molecule has 3 aromatic rings. The Bertz CT molecular complexity index is 1590. The highest BCUT2D eigenvalue weighted by molar-refractivity contribution is 5.94. The maximum absolute atomic E-state index is 13.8. The number of benzene rings is 2. The first-order valence-corrected chi connectivity index (χ1v) is 14.1. The number of carbonyl (C=O) groups excluding carboxylic acids is 2. The summed E-state index contributed by atoms with van der Waals surface area (Å²) in [6.45, 7) is 5.91. The molecular weight excluding hydrogens is 563 g/mol. The predicted molar refractivity (Wildman–Crippen MR) is 157 cm³/mol. The number of amides is 2. The van der Waals surface area contributed by atoms with Crippen LogP contribution in [0.1, 0.15) is 53.2 Å². The van der Waals surface area contributed by atoms with Gasteiger partial charge in [0.1, 0.15) is 5.69 Å². The van der Waals surface area contributed by atoms with E-state index in [1.54, 1.807) is 4.90 Å². The molecule has 1 aromatic heterocycles. The van der Waals surface area contributed by atoms with Gasteiger partial charge in [-0.2, -0.15) is 13.2 Å². The quantitative estimate of drug-likeness (QED) is 0.395. The highest BCUT2D eigenvalue weighted by Crippen LogP contribution is 2.33. The van der Waals surface area contributed by atoms with Crippen molar-refractivity contribution in [3.05, 3.63) is 97.8 Å². The van der Waals surface area contributed by atoms with Crippen molar-refractivity contribution >= 4 is 17.5 Å². The van der Waals surface area contributed by atoms with E-state index < -0.39 is 35.4 Å². The molecule has 0 atom stereocenters. The third kappa shape index (κ3) is 7.24. The van der Waals surface area contributed by atoms with Crippen LogP contribution in [0, 0.1) is 0 Å². The van der Waals surface area contributed by atoms with Crippen LogP contribution in [0.2, 0.25) is 0 Å². The second-order valence-electron chi connectivity index (χ2n) is 11.1. The molecule has 12 heteroatoms. The summed E-state index contributed by atoms with van der Waals surface area (Å²) in [5.41, 5.74) is -0.916. The van der Waals surface area contributed by atoms with Crippen LogP contribution >= 0.6 is 0 Å². The Kier molecular flexibility index (Phi) is 9.59. The molecule has 2 aromatic carbocycles. The zero-order valence-electron chi connectivity index (χ0n) is 24.7. The standard InChI is InChI=1S/C31H36F3N5O4/c1-21(2)22-9-11-23(12-10-22)28(41)38-17-15-37(16-18-38)14-13-27(40)39(26-20-35(3)30(43)36(4)29(26)42)19-24-7-5-6-8-25(24)31(32,33)34/h5-12,20-21H,13-19H2,1-4H3. The monoisotopic (exact) mass is 599 g/mol. The number of hydrogen-bond acceptors (Lipinski definition) is 5. The fourth-order valence-corrected chi connectivity index (χ4v) is 5.14. The molecule has 2 heterocycles. The topological polar surface area (TPSA) is 87.9 Å². The van der Waals surface area contributed by atoms with Gasteiger partial charge in [-0.1, -0.05) is 44.2 Å². The number of halogens is 3. The summed E-state index contributed by atoms with van der Waals surface area (Å²) in [5, 5.41) is 0. The summed E-state index contributed by atoms with van der Waals surface area (Å²) in [4.78, 5) is 56.6. The van der Waals surface area contributed by atoms with Crippen LogP contribution < -0.4 is 16.1 Å². The molecule has 2 amide bonds. The number of anilines is 1. The van der Waals surface area contributed by atoms with Gasteiger partial charge in [0.05, 0.1) is 12.1 Å². The van der Waals surface area contributed by atoms with Gasteiger partial charge in [0.2, 0.25) is 5.91 Å². The highest BCUT2D eigenvalue weighted by atomic mass is 19.4. The number of nitrogens with zero attached hydrogens (tertiary/aromatic N) is 5. The third-order valence-electron chi connectivity index (χ3n) is 7.80. The summed E-state index contributed by atoms with van der Waals surface area (Å²) in [5.74, 6) is -0.259. The number of alkyl halides is 3. The Hall–Kier alpha value is -4.19. The Labute approximate surface area is 247 Å². The molecule has 4 rings (SSSR count). The van der Waals surface area contributed by atoms with Gasteiger partial charge in [-0.3, -0.25) is 23.9 Å². The molecule has 0 unspecified atom stereocenters. The van der Waals surface area contributed by atoms with Crippen LogP contribution in [0.5, 0.6) is 0 Å². The van der Waals surface area contributed by atoms with E-state index in [1.165, 1.54) is 38.5 Å². The van der Waals surface area contributed by atoms with E-state index in [-0.39, 0.29) is 30.1 Å². The molecule has 0 spiro atoms. The molecule has 1 fully saturated rings. The van der Waals surface area contributed by atoms with Gasteiger partial charge >= 0.3 is 11.9 Å². The van der Waals surface area contributed by atoms with Crippen molar-refractivity contribution in [1.82, 2.24) is 18.9 Å². The van der Waals surface area contributed by atoms with E-state index in [9.17, 15) is 32.3 Å². The summed E-state index contributed by atoms with van der Waals surface area (Å²) < 4.78 is 43.2. The number of hydrogen-bond donors (Lipinski definition) is 0. The highest BCUT2D eigenvalue weighted by Gasteiger charge is 2.34. The molecule has 1 saturated heterocycles. The van der Waals surface area contributed by atoms with Gasteiger partial charge in [-0.15, -0.1) is 0 Å². The lowest BCUT2D eigenvalue weighted by atomic mass is 10.0. The molecule has 43 heavy (non-hydrogen) atoms. The van der Waals surface area contributed by atoms with Gasteiger partial charge < -0.3 is 14.4 Å². The Morgan fingerprint density at radius 1 is 0.930 bits per heavy atom. The lowest BCUT2D eigenvalue weighted by Crippen LogP contribution is -2.49. The maximum atomic E-state index is 13.8. The van der Waals surface area contributed by atoms with E-state index >= 15 is 0 Å². The minimum absolute atomic E-state index is 0.0638. The van der Waals surface area contributed by atoms with Crippen molar-refractivity contribution < 1.29 is 22.8 Å². The first-order chi connectivity index (χ1) is 20.3. The average Bonchev–Trinajstić information content (AvgIpc) is 2.99. The fraction of sp³-hybridized carbons (Fsp3) is 0.419. The number of aryl methyl sites for hydroxylation is 1. The minimum Gasteiger partial charge on any atom is -0.336 e. The molecule has 9 nitrogen and oxygen atoms in total. The Balaban J connectivity index is 1.47. The van der Waals surface area contributed by atoms with Crippen LogP contribution in [0.3, 0.4) is 0 Å². The Morgan fingerprint density at radius 3 is 2.16 bits per heavy atom. The van der Waals surface area contributed by atoms with E-state index in [2.05, 4.69) is 13.8 Å². The molecule has 0 bridgehead atoms. The van der Waals surface area contributed by atoms with Crippen molar-refractivity contribution in [1.29, 1.82) is 0 Å². The van der Waals surface area contributed by atoms with Crippen LogP contribution in [-0.4, -0.2) is 63.5 Å². The number of aromatic nitrogens is 2. The SMILES string of the molecule is CC(C)c1ccc(C(=O)N2CCN(CCC(=O)N(Cc3ccccc3C(F)(F)F)c3cn(C)c(=O)n(C)c3=O)CC2)cc1. The minimum atomic E-state index is -4.66. The fourth-order valence-electron chi connectivity index (χ4n) is 5.14. The van der Waals surface area contributed by atoms with Gasteiger partial charge in [-0.25, -0.2) is 4.79 Å². The predicted octanol–water partition coefficient (Wildman–Crippen LogP) is 3.61. The number of piperazine rings is 1. The number of carbonyl (C=O) groups is 2. The van der Waals surface area contributed by atoms with Crippen LogP contribution in [0.25, 0.3) is 0 Å². The average molecular weight is 600 g/mol. The first kappa shape index (κ1) is 31.7. The normalized spacial score (nSPS) is 14.3. The van der Waals surface area contributed by atoms with Crippen molar-refractivity contribution in [2.24, 2.45) is 14.1 Å². The molecule has 0 aliphatic carbocycles. The molecule has 0 radical (unpaired) electrons. The molecule has 1 aliphatic heterocycles. The van der Waals surface area contributed by atoms with Gasteiger partial charge in [0.15, 0.2) is 0 Å². The lowest BCUT2D eigenvalue weighted by molar-refractivity contribution is -0.138. The van der Waals surface area contributed by atoms with E-state index in [0.717, 1.165) is 25.7 Å². The molecule has 0 N–H and O–H groups in total. The van der Waals surface area contributed by atoms with Crippen LogP contribution in [0.15, 0.2) is 64.3 Å². The van der Waals surface area contributed by atoms with Crippen LogP contribution in [-0.2, 0) is 31.6 Å². The lowest BCUT2D eigenvalue weighted by Gasteiger charge is -2.35. The van der Waals surface area contributed by atoms with E-state index in [0.29, 0.717) is 37.7 Å².